The molecular weight excluding hydrogens is 206 g/mol. The normalized spacial score (nSPS) is 24.9. The van der Waals surface area contributed by atoms with Crippen LogP contribution in [0, 0.1) is 17.8 Å². The van der Waals surface area contributed by atoms with E-state index in [-0.39, 0.29) is 5.91 Å². The van der Waals surface area contributed by atoms with Gasteiger partial charge >= 0.3 is 5.97 Å². The van der Waals surface area contributed by atoms with Crippen LogP contribution >= 0.6 is 0 Å². The average Bonchev–Trinajstić information content (AvgIpc) is 2.25. The lowest BCUT2D eigenvalue weighted by Gasteiger charge is -2.37. The number of rotatable bonds is 3. The molecular formula is C12H17NO3. The Balaban J connectivity index is 2.60. The third kappa shape index (κ3) is 2.75. The number of hydrogen-bond donors (Lipinski definition) is 1. The van der Waals surface area contributed by atoms with Crippen molar-refractivity contribution >= 4 is 11.9 Å². The van der Waals surface area contributed by atoms with Gasteiger partial charge in [0.15, 0.2) is 0 Å². The summed E-state index contributed by atoms with van der Waals surface area (Å²) in [4.78, 5) is 24.4. The molecule has 88 valence electrons. The van der Waals surface area contributed by atoms with Crippen LogP contribution in [-0.2, 0) is 9.59 Å². The third-order valence-electron chi connectivity index (χ3n) is 3.05. The maximum atomic E-state index is 11.7. The van der Waals surface area contributed by atoms with E-state index in [1.807, 2.05) is 0 Å². The summed E-state index contributed by atoms with van der Waals surface area (Å²) in [7, 11) is 0. The summed E-state index contributed by atoms with van der Waals surface area (Å²) in [6, 6.07) is 0. The van der Waals surface area contributed by atoms with Gasteiger partial charge in [-0.25, -0.2) is 0 Å². The summed E-state index contributed by atoms with van der Waals surface area (Å²) in [5.41, 5.74) is -0.802. The number of carbonyl (C=O) groups excluding carboxylic acids is 1. The first kappa shape index (κ1) is 12.6. The molecule has 1 atom stereocenters. The summed E-state index contributed by atoms with van der Waals surface area (Å²) in [5.74, 6) is 1.55. The Morgan fingerprint density at radius 2 is 2.25 bits per heavy atom. The molecule has 1 saturated heterocycles. The van der Waals surface area contributed by atoms with Gasteiger partial charge in [0.25, 0.3) is 0 Å². The Kier molecular flexibility index (Phi) is 3.94. The third-order valence-corrected chi connectivity index (χ3v) is 3.05. The quantitative estimate of drug-likeness (QED) is 0.729. The first-order valence-electron chi connectivity index (χ1n) is 5.44. The molecule has 1 aliphatic heterocycles. The number of carboxylic acid groups (broad SMARTS) is 1. The lowest BCUT2D eigenvalue weighted by atomic mass is 9.82. The van der Waals surface area contributed by atoms with Crippen LogP contribution in [0.5, 0.6) is 0 Å². The lowest BCUT2D eigenvalue weighted by molar-refractivity contribution is -0.153. The van der Waals surface area contributed by atoms with Crippen LogP contribution in [0.2, 0.25) is 0 Å². The number of likely N-dealkylation sites (tertiary alicyclic amines) is 1. The van der Waals surface area contributed by atoms with Gasteiger partial charge in [0.2, 0.25) is 5.91 Å². The van der Waals surface area contributed by atoms with E-state index in [2.05, 4.69) is 5.92 Å². The van der Waals surface area contributed by atoms with E-state index in [1.54, 1.807) is 11.8 Å². The summed E-state index contributed by atoms with van der Waals surface area (Å²) in [5, 5.41) is 9.10. The largest absolute Gasteiger partial charge is 0.481 e. The highest BCUT2D eigenvalue weighted by Crippen LogP contribution is 2.29. The molecule has 16 heavy (non-hydrogen) atoms. The molecule has 4 heteroatoms. The van der Waals surface area contributed by atoms with Crippen molar-refractivity contribution in [3.63, 3.8) is 0 Å². The minimum atomic E-state index is -0.832. The molecule has 0 aliphatic carbocycles. The molecule has 1 heterocycles. The fourth-order valence-corrected chi connectivity index (χ4v) is 1.96. The van der Waals surface area contributed by atoms with Crippen LogP contribution in [0.15, 0.2) is 0 Å². The molecule has 0 aromatic carbocycles. The Bertz CT molecular complexity index is 332. The fourth-order valence-electron chi connectivity index (χ4n) is 1.96. The van der Waals surface area contributed by atoms with Gasteiger partial charge in [0, 0.05) is 25.9 Å². The van der Waals surface area contributed by atoms with Gasteiger partial charge in [-0.3, -0.25) is 9.59 Å². The maximum absolute atomic E-state index is 11.7. The monoisotopic (exact) mass is 223 g/mol. The van der Waals surface area contributed by atoms with E-state index in [1.165, 1.54) is 0 Å². The molecule has 0 saturated carbocycles. The van der Waals surface area contributed by atoms with Gasteiger partial charge in [0.05, 0.1) is 5.41 Å². The predicted molar refractivity (Wildman–Crippen MR) is 59.6 cm³/mol. The van der Waals surface area contributed by atoms with Crippen molar-refractivity contribution in [1.82, 2.24) is 4.90 Å². The Morgan fingerprint density at radius 3 is 2.81 bits per heavy atom. The molecule has 0 bridgehead atoms. The van der Waals surface area contributed by atoms with Crippen LogP contribution in [-0.4, -0.2) is 35.0 Å². The zero-order chi connectivity index (χ0) is 12.2. The van der Waals surface area contributed by atoms with Gasteiger partial charge in [-0.15, -0.1) is 12.3 Å². The Hall–Kier alpha value is -1.50. The topological polar surface area (TPSA) is 57.6 Å². The average molecular weight is 223 g/mol. The van der Waals surface area contributed by atoms with E-state index in [0.717, 1.165) is 6.42 Å². The first-order valence-corrected chi connectivity index (χ1v) is 5.44. The number of amides is 1. The van der Waals surface area contributed by atoms with Crippen LogP contribution < -0.4 is 0 Å². The van der Waals surface area contributed by atoms with E-state index >= 15 is 0 Å². The molecule has 1 rings (SSSR count). The minimum Gasteiger partial charge on any atom is -0.481 e. The van der Waals surface area contributed by atoms with E-state index in [4.69, 9.17) is 11.5 Å². The molecule has 1 N–H and O–H groups in total. The minimum absolute atomic E-state index is 0.0369. The first-order chi connectivity index (χ1) is 7.49. The van der Waals surface area contributed by atoms with Gasteiger partial charge in [-0.05, 0) is 19.8 Å². The number of terminal acetylenes is 1. The van der Waals surface area contributed by atoms with Crippen molar-refractivity contribution in [3.05, 3.63) is 0 Å². The number of carboxylic acids is 1. The zero-order valence-corrected chi connectivity index (χ0v) is 9.53. The molecule has 1 aliphatic rings. The fraction of sp³-hybridized carbons (Fsp3) is 0.667. The second-order valence-corrected chi connectivity index (χ2v) is 4.49. The highest BCUT2D eigenvalue weighted by molar-refractivity contribution is 5.79. The number of carbonyl (C=O) groups is 2. The Morgan fingerprint density at radius 1 is 1.56 bits per heavy atom. The summed E-state index contributed by atoms with van der Waals surface area (Å²) in [6.07, 6.45) is 7.19. The number of aliphatic carboxylic acids is 1. The SMILES string of the molecule is C#CCCC(=O)N1CCCC(C)(C(=O)O)C1. The van der Waals surface area contributed by atoms with Crippen LogP contribution in [0.1, 0.15) is 32.6 Å². The van der Waals surface area contributed by atoms with E-state index in [0.29, 0.717) is 32.4 Å². The van der Waals surface area contributed by atoms with Crippen molar-refractivity contribution in [3.8, 4) is 12.3 Å². The lowest BCUT2D eigenvalue weighted by Crippen LogP contribution is -2.48. The molecule has 1 fully saturated rings. The standard InChI is InChI=1S/C12H17NO3/c1-3-4-6-10(14)13-8-5-7-12(2,9-13)11(15)16/h1H,4-9H2,2H3,(H,15,16). The van der Waals surface area contributed by atoms with Crippen LogP contribution in [0.25, 0.3) is 0 Å². The molecule has 0 aromatic heterocycles. The number of hydrogen-bond acceptors (Lipinski definition) is 2. The summed E-state index contributed by atoms with van der Waals surface area (Å²) < 4.78 is 0. The summed E-state index contributed by atoms with van der Waals surface area (Å²) >= 11 is 0. The smallest absolute Gasteiger partial charge is 0.311 e. The molecule has 1 amide bonds. The maximum Gasteiger partial charge on any atom is 0.311 e. The number of nitrogens with zero attached hydrogens (tertiary/aromatic N) is 1. The molecule has 0 radical (unpaired) electrons. The summed E-state index contributed by atoms with van der Waals surface area (Å²) in [6.45, 7) is 2.63. The Labute approximate surface area is 95.6 Å². The van der Waals surface area contributed by atoms with Crippen LogP contribution in [0.4, 0.5) is 0 Å². The second kappa shape index (κ2) is 5.02. The van der Waals surface area contributed by atoms with Gasteiger partial charge in [0.1, 0.15) is 0 Å². The highest BCUT2D eigenvalue weighted by atomic mass is 16.4. The molecule has 0 aromatic rings. The predicted octanol–water partition coefficient (Wildman–Crippen LogP) is 1.11. The van der Waals surface area contributed by atoms with Crippen molar-refractivity contribution in [2.24, 2.45) is 5.41 Å². The van der Waals surface area contributed by atoms with E-state index in [9.17, 15) is 9.59 Å². The van der Waals surface area contributed by atoms with Crippen molar-refractivity contribution in [1.29, 1.82) is 0 Å². The van der Waals surface area contributed by atoms with Crippen molar-refractivity contribution in [2.75, 3.05) is 13.1 Å². The van der Waals surface area contributed by atoms with Gasteiger partial charge < -0.3 is 10.0 Å². The van der Waals surface area contributed by atoms with Crippen LogP contribution in [0.3, 0.4) is 0 Å². The second-order valence-electron chi connectivity index (χ2n) is 4.49. The van der Waals surface area contributed by atoms with Crippen molar-refractivity contribution < 1.29 is 14.7 Å². The molecule has 4 nitrogen and oxygen atoms in total. The van der Waals surface area contributed by atoms with E-state index < -0.39 is 11.4 Å². The van der Waals surface area contributed by atoms with Gasteiger partial charge in [-0.1, -0.05) is 0 Å². The highest BCUT2D eigenvalue weighted by Gasteiger charge is 2.39. The van der Waals surface area contributed by atoms with Gasteiger partial charge in [-0.2, -0.15) is 0 Å². The molecule has 1 unspecified atom stereocenters. The van der Waals surface area contributed by atoms with Crippen molar-refractivity contribution in [2.45, 2.75) is 32.6 Å². The zero-order valence-electron chi connectivity index (χ0n) is 9.53. The number of piperidine rings is 1. The molecule has 0 spiro atoms.